The predicted octanol–water partition coefficient (Wildman–Crippen LogP) is 2.28. The molecule has 1 N–H and O–H groups in total. The van der Waals surface area contributed by atoms with Crippen LogP contribution in [0.25, 0.3) is 0 Å². The molecule has 0 aliphatic carbocycles. The molecule has 76 valence electrons. The quantitative estimate of drug-likeness (QED) is 0.742. The van der Waals surface area contributed by atoms with Crippen LogP contribution in [0.4, 0.5) is 4.39 Å². The highest BCUT2D eigenvalue weighted by Gasteiger charge is 2.19. The van der Waals surface area contributed by atoms with E-state index in [1.165, 1.54) is 12.6 Å². The minimum atomic E-state index is -0.247. The van der Waals surface area contributed by atoms with Gasteiger partial charge < -0.3 is 5.32 Å². The summed E-state index contributed by atoms with van der Waals surface area (Å²) in [5, 5.41) is 3.41. The standard InChI is InChI=1S/C11H15FN2/c1-8-2-3-11(14-5-8)9-4-10(12)7-13-6-9/h4,6-8,11,14H,2-3,5H2,1H3. The molecule has 3 heteroatoms. The number of aromatic nitrogens is 1. The average molecular weight is 194 g/mol. The number of nitrogens with one attached hydrogen (secondary N) is 1. The lowest BCUT2D eigenvalue weighted by Crippen LogP contribution is -2.31. The number of nitrogens with zero attached hydrogens (tertiary/aromatic N) is 1. The van der Waals surface area contributed by atoms with Crippen LogP contribution in [-0.4, -0.2) is 11.5 Å². The fourth-order valence-corrected chi connectivity index (χ4v) is 1.90. The summed E-state index contributed by atoms with van der Waals surface area (Å²) in [4.78, 5) is 3.86. The Morgan fingerprint density at radius 2 is 2.29 bits per heavy atom. The van der Waals surface area contributed by atoms with E-state index in [1.54, 1.807) is 12.3 Å². The Balaban J connectivity index is 2.08. The van der Waals surface area contributed by atoms with Crippen molar-refractivity contribution in [3.8, 4) is 0 Å². The Kier molecular flexibility index (Phi) is 2.77. The van der Waals surface area contributed by atoms with Crippen molar-refractivity contribution in [2.24, 2.45) is 5.92 Å². The van der Waals surface area contributed by atoms with Gasteiger partial charge in [-0.25, -0.2) is 4.39 Å². The molecule has 14 heavy (non-hydrogen) atoms. The number of piperidine rings is 1. The van der Waals surface area contributed by atoms with Crippen molar-refractivity contribution in [1.29, 1.82) is 0 Å². The molecule has 0 amide bonds. The molecule has 1 aliphatic rings. The van der Waals surface area contributed by atoms with Gasteiger partial charge in [0, 0.05) is 12.2 Å². The van der Waals surface area contributed by atoms with Crippen molar-refractivity contribution in [3.63, 3.8) is 0 Å². The fourth-order valence-electron chi connectivity index (χ4n) is 1.90. The SMILES string of the molecule is CC1CCC(c2cncc(F)c2)NC1. The van der Waals surface area contributed by atoms with E-state index in [9.17, 15) is 4.39 Å². The topological polar surface area (TPSA) is 24.9 Å². The molecule has 0 bridgehead atoms. The molecule has 1 aromatic rings. The van der Waals surface area contributed by atoms with Gasteiger partial charge in [0.2, 0.25) is 0 Å². The normalized spacial score (nSPS) is 27.6. The van der Waals surface area contributed by atoms with Gasteiger partial charge in [-0.1, -0.05) is 6.92 Å². The number of rotatable bonds is 1. The number of halogens is 1. The third kappa shape index (κ3) is 2.10. The second kappa shape index (κ2) is 4.05. The lowest BCUT2D eigenvalue weighted by atomic mass is 9.93. The summed E-state index contributed by atoms with van der Waals surface area (Å²) in [6.07, 6.45) is 5.27. The Bertz CT molecular complexity index is 306. The van der Waals surface area contributed by atoms with Gasteiger partial charge in [-0.05, 0) is 36.9 Å². The first-order valence-corrected chi connectivity index (χ1v) is 5.09. The summed E-state index contributed by atoms with van der Waals surface area (Å²) in [6, 6.07) is 1.86. The van der Waals surface area contributed by atoms with Gasteiger partial charge in [0.05, 0.1) is 6.20 Å². The van der Waals surface area contributed by atoms with E-state index in [-0.39, 0.29) is 11.9 Å². The summed E-state index contributed by atoms with van der Waals surface area (Å²) in [5.74, 6) is 0.482. The summed E-state index contributed by atoms with van der Waals surface area (Å²) >= 11 is 0. The van der Waals surface area contributed by atoms with Crippen LogP contribution in [0, 0.1) is 11.7 Å². The zero-order valence-electron chi connectivity index (χ0n) is 8.33. The van der Waals surface area contributed by atoms with E-state index in [0.29, 0.717) is 0 Å². The van der Waals surface area contributed by atoms with E-state index in [0.717, 1.165) is 24.4 Å². The molecule has 2 heterocycles. The highest BCUT2D eigenvalue weighted by Crippen LogP contribution is 2.25. The van der Waals surface area contributed by atoms with Crippen molar-refractivity contribution in [2.45, 2.75) is 25.8 Å². The third-order valence-electron chi connectivity index (χ3n) is 2.79. The number of hydrogen-bond acceptors (Lipinski definition) is 2. The minimum Gasteiger partial charge on any atom is -0.310 e. The molecule has 1 aliphatic heterocycles. The summed E-state index contributed by atoms with van der Waals surface area (Å²) in [7, 11) is 0. The van der Waals surface area contributed by atoms with Gasteiger partial charge in [-0.2, -0.15) is 0 Å². The third-order valence-corrected chi connectivity index (χ3v) is 2.79. The molecule has 2 nitrogen and oxygen atoms in total. The Morgan fingerprint density at radius 3 is 2.93 bits per heavy atom. The van der Waals surface area contributed by atoms with Crippen LogP contribution in [0.3, 0.4) is 0 Å². The summed E-state index contributed by atoms with van der Waals surface area (Å²) < 4.78 is 12.9. The highest BCUT2D eigenvalue weighted by molar-refractivity contribution is 5.15. The first-order valence-electron chi connectivity index (χ1n) is 5.09. The maximum absolute atomic E-state index is 12.9. The second-order valence-corrected chi connectivity index (χ2v) is 4.08. The number of pyridine rings is 1. The largest absolute Gasteiger partial charge is 0.310 e. The van der Waals surface area contributed by atoms with Gasteiger partial charge in [-0.3, -0.25) is 4.98 Å². The molecule has 2 unspecified atom stereocenters. The zero-order valence-corrected chi connectivity index (χ0v) is 8.33. The molecule has 1 saturated heterocycles. The monoisotopic (exact) mass is 194 g/mol. The predicted molar refractivity (Wildman–Crippen MR) is 53.3 cm³/mol. The summed E-state index contributed by atoms with van der Waals surface area (Å²) in [5.41, 5.74) is 0.969. The van der Waals surface area contributed by atoms with Crippen LogP contribution in [0.15, 0.2) is 18.5 Å². The minimum absolute atomic E-state index is 0.247. The van der Waals surface area contributed by atoms with Crippen LogP contribution in [-0.2, 0) is 0 Å². The Morgan fingerprint density at radius 1 is 1.43 bits per heavy atom. The number of hydrogen-bond donors (Lipinski definition) is 1. The van der Waals surface area contributed by atoms with E-state index in [2.05, 4.69) is 17.2 Å². The van der Waals surface area contributed by atoms with Crippen molar-refractivity contribution in [2.75, 3.05) is 6.54 Å². The van der Waals surface area contributed by atoms with E-state index >= 15 is 0 Å². The van der Waals surface area contributed by atoms with Crippen molar-refractivity contribution >= 4 is 0 Å². The molecule has 1 fully saturated rings. The van der Waals surface area contributed by atoms with Gasteiger partial charge in [0.25, 0.3) is 0 Å². The van der Waals surface area contributed by atoms with E-state index in [4.69, 9.17) is 0 Å². The van der Waals surface area contributed by atoms with E-state index < -0.39 is 0 Å². The molecule has 0 saturated carbocycles. The first-order chi connectivity index (χ1) is 6.75. The van der Waals surface area contributed by atoms with Crippen molar-refractivity contribution in [3.05, 3.63) is 29.8 Å². The molecule has 0 radical (unpaired) electrons. The molecular weight excluding hydrogens is 179 g/mol. The van der Waals surface area contributed by atoms with Crippen LogP contribution < -0.4 is 5.32 Å². The Labute approximate surface area is 83.6 Å². The molecule has 0 aromatic carbocycles. The van der Waals surface area contributed by atoms with Crippen LogP contribution in [0.1, 0.15) is 31.4 Å². The molecule has 2 atom stereocenters. The molecule has 2 rings (SSSR count). The molecule has 1 aromatic heterocycles. The Hall–Kier alpha value is -0.960. The molecule has 0 spiro atoms. The van der Waals surface area contributed by atoms with E-state index in [1.807, 2.05) is 0 Å². The lowest BCUT2D eigenvalue weighted by Gasteiger charge is -2.27. The van der Waals surface area contributed by atoms with Gasteiger partial charge in [-0.15, -0.1) is 0 Å². The van der Waals surface area contributed by atoms with Crippen molar-refractivity contribution < 1.29 is 4.39 Å². The first kappa shape index (κ1) is 9.59. The molecular formula is C11H15FN2. The highest BCUT2D eigenvalue weighted by atomic mass is 19.1. The smallest absolute Gasteiger partial charge is 0.141 e. The maximum Gasteiger partial charge on any atom is 0.141 e. The lowest BCUT2D eigenvalue weighted by molar-refractivity contribution is 0.332. The average Bonchev–Trinajstić information content (AvgIpc) is 2.19. The summed E-state index contributed by atoms with van der Waals surface area (Å²) in [6.45, 7) is 3.24. The van der Waals surface area contributed by atoms with Gasteiger partial charge in [0.1, 0.15) is 5.82 Å². The second-order valence-electron chi connectivity index (χ2n) is 4.08. The van der Waals surface area contributed by atoms with Crippen molar-refractivity contribution in [1.82, 2.24) is 10.3 Å². The zero-order chi connectivity index (χ0) is 9.97. The van der Waals surface area contributed by atoms with Gasteiger partial charge >= 0.3 is 0 Å². The van der Waals surface area contributed by atoms with Crippen LogP contribution >= 0.6 is 0 Å². The van der Waals surface area contributed by atoms with Crippen LogP contribution in [0.5, 0.6) is 0 Å². The van der Waals surface area contributed by atoms with Gasteiger partial charge in [0.15, 0.2) is 0 Å². The fraction of sp³-hybridized carbons (Fsp3) is 0.545. The maximum atomic E-state index is 12.9. The van der Waals surface area contributed by atoms with Crippen LogP contribution in [0.2, 0.25) is 0 Å².